The summed E-state index contributed by atoms with van der Waals surface area (Å²) in [6, 6.07) is 11.1. The molecule has 151 valence electrons. The lowest BCUT2D eigenvalue weighted by molar-refractivity contribution is -0.502. The molecule has 0 aliphatic carbocycles. The van der Waals surface area contributed by atoms with E-state index in [0.29, 0.717) is 0 Å². The van der Waals surface area contributed by atoms with Gasteiger partial charge in [-0.3, -0.25) is 8.81 Å². The summed E-state index contributed by atoms with van der Waals surface area (Å²) in [5, 5.41) is 0. The van der Waals surface area contributed by atoms with Crippen molar-refractivity contribution in [3.05, 3.63) is 35.9 Å². The van der Waals surface area contributed by atoms with Crippen molar-refractivity contribution >= 4 is 36.7 Å². The first-order valence-corrected chi connectivity index (χ1v) is 22.4. The molecule has 1 aromatic carbocycles. The van der Waals surface area contributed by atoms with Crippen molar-refractivity contribution < 1.29 is 4.24 Å². The van der Waals surface area contributed by atoms with Gasteiger partial charge in [0.2, 0.25) is 0 Å². The third-order valence-electron chi connectivity index (χ3n) is 4.74. The molecule has 1 aliphatic rings. The minimum atomic E-state index is -1.25. The fourth-order valence-electron chi connectivity index (χ4n) is 4.23. The highest BCUT2D eigenvalue weighted by Gasteiger charge is 2.68. The summed E-state index contributed by atoms with van der Waals surface area (Å²) in [5.41, 5.74) is 1.72. The summed E-state index contributed by atoms with van der Waals surface area (Å²) in [7, 11) is -3.27. The molecule has 2 nitrogen and oxygen atoms in total. The molecule has 0 amide bonds. The largest absolute Gasteiger partial charge is 0.575 e. The summed E-state index contributed by atoms with van der Waals surface area (Å²) < 4.78 is 5.78. The van der Waals surface area contributed by atoms with Crippen molar-refractivity contribution in [2.75, 3.05) is 0 Å². The van der Waals surface area contributed by atoms with E-state index < -0.39 is 24.3 Å². The van der Waals surface area contributed by atoms with Crippen molar-refractivity contribution in [2.45, 2.75) is 91.9 Å². The molecular weight excluding hydrogens is 395 g/mol. The van der Waals surface area contributed by atoms with Gasteiger partial charge in [0.25, 0.3) is 5.84 Å². The Morgan fingerprint density at radius 2 is 1.26 bits per heavy atom. The van der Waals surface area contributed by atoms with Crippen LogP contribution in [-0.2, 0) is 0 Å². The number of rotatable bonds is 4. The maximum Gasteiger partial charge on any atom is 0.575 e. The number of hydrogen-bond donors (Lipinski definition) is 0. The van der Waals surface area contributed by atoms with Crippen molar-refractivity contribution in [3.63, 3.8) is 0 Å². The van der Waals surface area contributed by atoms with Crippen molar-refractivity contribution in [1.82, 2.24) is 4.57 Å². The molecule has 0 saturated carbocycles. The average molecular weight is 437 g/mol. The second kappa shape index (κ2) is 7.23. The van der Waals surface area contributed by atoms with Crippen molar-refractivity contribution in [3.8, 4) is 0 Å². The second-order valence-corrected chi connectivity index (χ2v) is 39.8. The van der Waals surface area contributed by atoms with Gasteiger partial charge in [-0.2, -0.15) is 0 Å². The second-order valence-electron chi connectivity index (χ2n) is 11.7. The molecule has 0 atom stereocenters. The number of amidine groups is 1. The van der Waals surface area contributed by atoms with Gasteiger partial charge in [0, 0.05) is 0 Å². The third-order valence-corrected chi connectivity index (χ3v) is 48.6. The van der Waals surface area contributed by atoms with E-state index in [-0.39, 0.29) is 17.6 Å². The number of nitrogens with zero attached hydrogens (tertiary/aromatic N) is 2. The minimum absolute atomic E-state index is 0.0692. The first kappa shape index (κ1) is 23.1. The van der Waals surface area contributed by atoms with Crippen LogP contribution in [0.25, 0.3) is 0 Å². The smallest absolute Gasteiger partial charge is 0.265 e. The Morgan fingerprint density at radius 3 is 1.59 bits per heavy atom. The lowest BCUT2D eigenvalue weighted by Gasteiger charge is -2.53. The van der Waals surface area contributed by atoms with Crippen LogP contribution in [0.3, 0.4) is 0 Å². The number of benzene rings is 1. The van der Waals surface area contributed by atoms with E-state index in [9.17, 15) is 0 Å². The fourth-order valence-corrected chi connectivity index (χ4v) is 55.7. The van der Waals surface area contributed by atoms with Gasteiger partial charge < -0.3 is 0 Å². The number of hydrogen-bond acceptors (Lipinski definition) is 1. The highest BCUT2D eigenvalue weighted by Crippen LogP contribution is 2.61. The van der Waals surface area contributed by atoms with Crippen LogP contribution < -0.4 is 0 Å². The summed E-state index contributed by atoms with van der Waals surface area (Å²) in [6.07, 6.45) is 0. The average Bonchev–Trinajstić information content (AvgIpc) is 2.37. The molecule has 0 aromatic heterocycles. The quantitative estimate of drug-likeness (QED) is 0.386. The highest BCUT2D eigenvalue weighted by molar-refractivity contribution is 8.34. The Kier molecular flexibility index (Phi) is 6.17. The lowest BCUT2D eigenvalue weighted by Crippen LogP contribution is -2.75. The van der Waals surface area contributed by atoms with Crippen molar-refractivity contribution in [2.24, 2.45) is 0 Å². The van der Waals surface area contributed by atoms with E-state index in [0.717, 1.165) is 0 Å². The Labute approximate surface area is 173 Å². The molecule has 1 aromatic rings. The molecule has 6 heteroatoms. The first-order valence-electron chi connectivity index (χ1n) is 10.2. The molecule has 0 N–H and O–H groups in total. The molecule has 0 bridgehead atoms. The maximum atomic E-state index is 2.89. The van der Waals surface area contributed by atoms with E-state index in [2.05, 4.69) is 120 Å². The van der Waals surface area contributed by atoms with Crippen LogP contribution in [0, 0.1) is 0 Å². The van der Waals surface area contributed by atoms with E-state index in [1.165, 1.54) is 11.4 Å². The molecular formula is C21H41N2PSi3+. The molecule has 1 aliphatic heterocycles. The Balaban J connectivity index is 2.80. The Hall–Kier alpha value is -0.229. The SMILES string of the molecule is CC(C)(C)N1C(c2ccccc2)=[N+](C(C)(C)C)[Si]1P([Si](C)(C)C)[Si](C)(C)C. The van der Waals surface area contributed by atoms with Gasteiger partial charge in [0.15, 0.2) is 0 Å². The molecule has 0 saturated heterocycles. The highest BCUT2D eigenvalue weighted by atomic mass is 31.8. The van der Waals surface area contributed by atoms with Crippen LogP contribution in [0.4, 0.5) is 0 Å². The topological polar surface area (TPSA) is 6.25 Å². The van der Waals surface area contributed by atoms with Crippen LogP contribution in [0.15, 0.2) is 30.3 Å². The van der Waals surface area contributed by atoms with Gasteiger partial charge in [0.1, 0.15) is 0 Å². The summed E-state index contributed by atoms with van der Waals surface area (Å²) >= 11 is 0. The monoisotopic (exact) mass is 436 g/mol. The van der Waals surface area contributed by atoms with Crippen LogP contribution >= 0.6 is 6.57 Å². The van der Waals surface area contributed by atoms with Gasteiger partial charge >= 0.3 is 8.79 Å². The van der Waals surface area contributed by atoms with E-state index >= 15 is 0 Å². The molecule has 0 fully saturated rings. The molecule has 1 radical (unpaired) electrons. The molecule has 0 unspecified atom stereocenters. The van der Waals surface area contributed by atoms with E-state index in [1.807, 2.05) is 0 Å². The Morgan fingerprint density at radius 1 is 0.815 bits per heavy atom. The zero-order valence-corrected chi connectivity index (χ0v) is 23.6. The molecule has 2 rings (SSSR count). The predicted octanol–water partition coefficient (Wildman–Crippen LogP) is 6.49. The van der Waals surface area contributed by atoms with Crippen LogP contribution in [-0.4, -0.2) is 50.0 Å². The van der Waals surface area contributed by atoms with E-state index in [4.69, 9.17) is 0 Å². The lowest BCUT2D eigenvalue weighted by atomic mass is 10.1. The fraction of sp³-hybridized carbons (Fsp3) is 0.667. The predicted molar refractivity (Wildman–Crippen MR) is 132 cm³/mol. The molecule has 0 spiro atoms. The summed E-state index contributed by atoms with van der Waals surface area (Å²) in [6.45, 7) is 30.4. The summed E-state index contributed by atoms with van der Waals surface area (Å²) in [5.74, 6) is 1.48. The van der Waals surface area contributed by atoms with Gasteiger partial charge in [-0.05, 0) is 60.2 Å². The third kappa shape index (κ3) is 4.68. The Bertz CT molecular complexity index is 690. The molecule has 1 heterocycles. The van der Waals surface area contributed by atoms with Gasteiger partial charge in [0.05, 0.1) is 32.1 Å². The van der Waals surface area contributed by atoms with Gasteiger partial charge in [-0.1, -0.05) is 57.5 Å². The van der Waals surface area contributed by atoms with Gasteiger partial charge in [-0.25, -0.2) is 0 Å². The van der Waals surface area contributed by atoms with Crippen LogP contribution in [0.1, 0.15) is 47.1 Å². The normalized spacial score (nSPS) is 17.6. The standard InChI is InChI=1S/C21H41N2PSi3/c1-20(2,3)22-19(18-16-14-13-15-17-18)23(21(4,5)6)25(22)24(26(7,8)9)27(10,11)12/h13-17H,1-12H3/q+1. The van der Waals surface area contributed by atoms with Gasteiger partial charge in [-0.15, -0.1) is 0 Å². The van der Waals surface area contributed by atoms with E-state index in [1.54, 1.807) is 0 Å². The maximum absolute atomic E-state index is 2.89. The first-order chi connectivity index (χ1) is 12.0. The summed E-state index contributed by atoms with van der Waals surface area (Å²) in [4.78, 5) is 0. The molecule has 27 heavy (non-hydrogen) atoms. The minimum Gasteiger partial charge on any atom is -0.265 e. The van der Waals surface area contributed by atoms with Crippen LogP contribution in [0.5, 0.6) is 0 Å². The van der Waals surface area contributed by atoms with Crippen molar-refractivity contribution in [1.29, 1.82) is 0 Å². The zero-order valence-electron chi connectivity index (χ0n) is 19.7. The van der Waals surface area contributed by atoms with Crippen LogP contribution in [0.2, 0.25) is 39.3 Å². The zero-order chi connectivity index (χ0) is 21.0.